The number of thioether (sulfide) groups is 1. The summed E-state index contributed by atoms with van der Waals surface area (Å²) in [6.45, 7) is 7.71. The van der Waals surface area contributed by atoms with E-state index >= 15 is 0 Å². The van der Waals surface area contributed by atoms with Crippen molar-refractivity contribution >= 4 is 28.8 Å². The largest absolute Gasteiger partial charge is 0.463 e. The van der Waals surface area contributed by atoms with Gasteiger partial charge in [-0.3, -0.25) is 14.4 Å². The van der Waals surface area contributed by atoms with E-state index in [0.717, 1.165) is 18.2 Å². The summed E-state index contributed by atoms with van der Waals surface area (Å²) in [5.41, 5.74) is 0. The van der Waals surface area contributed by atoms with Gasteiger partial charge < -0.3 is 10.1 Å². The van der Waals surface area contributed by atoms with E-state index in [1.807, 2.05) is 13.8 Å². The van der Waals surface area contributed by atoms with Crippen LogP contribution in [0, 0.1) is 5.92 Å². The Hall–Kier alpha value is -1.04. The smallest absolute Gasteiger partial charge is 0.314 e. The van der Waals surface area contributed by atoms with Crippen LogP contribution in [0.5, 0.6) is 0 Å². The minimum atomic E-state index is -0.504. The molecule has 0 fully saturated rings. The van der Waals surface area contributed by atoms with Crippen LogP contribution in [0.15, 0.2) is 0 Å². The van der Waals surface area contributed by atoms with E-state index < -0.39 is 5.97 Å². The number of nitrogens with one attached hydrogen (secondary N) is 1. The Kier molecular flexibility index (Phi) is 9.30. The Morgan fingerprint density at radius 1 is 1.21 bits per heavy atom. The number of carbonyl (C=O) groups excluding carboxylic acids is 3. The average molecular weight is 289 g/mol. The summed E-state index contributed by atoms with van der Waals surface area (Å²) >= 11 is 1.04. The molecule has 0 aromatic heterocycles. The second-order valence-electron chi connectivity index (χ2n) is 4.54. The molecule has 0 aliphatic heterocycles. The summed E-state index contributed by atoms with van der Waals surface area (Å²) in [4.78, 5) is 34.1. The molecule has 0 aromatic carbocycles. The molecule has 5 nitrogen and oxygen atoms in total. The van der Waals surface area contributed by atoms with Crippen LogP contribution in [0.1, 0.15) is 40.5 Å². The standard InChI is InChI=1S/C13H23NO4S/c1-5-10(4)13(17)14-6-7-19-12(16)8-11(15)18-9(2)3/h9-10H,5-8H2,1-4H3,(H,14,17). The Labute approximate surface area is 118 Å². The van der Waals surface area contributed by atoms with Crippen LogP contribution in [0.2, 0.25) is 0 Å². The second kappa shape index (κ2) is 9.83. The van der Waals surface area contributed by atoms with Crippen molar-refractivity contribution in [2.45, 2.75) is 46.6 Å². The van der Waals surface area contributed by atoms with Crippen LogP contribution in [0.3, 0.4) is 0 Å². The molecular formula is C13H23NO4S. The highest BCUT2D eigenvalue weighted by atomic mass is 32.2. The molecular weight excluding hydrogens is 266 g/mol. The number of esters is 1. The predicted octanol–water partition coefficient (Wildman–Crippen LogP) is 1.75. The van der Waals surface area contributed by atoms with Gasteiger partial charge in [-0.25, -0.2) is 0 Å². The highest BCUT2D eigenvalue weighted by Gasteiger charge is 2.13. The molecule has 0 rings (SSSR count). The molecule has 19 heavy (non-hydrogen) atoms. The van der Waals surface area contributed by atoms with E-state index in [1.54, 1.807) is 13.8 Å². The molecule has 1 N–H and O–H groups in total. The van der Waals surface area contributed by atoms with Crippen LogP contribution in [0.4, 0.5) is 0 Å². The topological polar surface area (TPSA) is 72.5 Å². The first-order valence-electron chi connectivity index (χ1n) is 6.49. The molecule has 0 aliphatic rings. The van der Waals surface area contributed by atoms with Crippen molar-refractivity contribution in [3.8, 4) is 0 Å². The van der Waals surface area contributed by atoms with Crippen LogP contribution < -0.4 is 5.32 Å². The Balaban J connectivity index is 3.69. The monoisotopic (exact) mass is 289 g/mol. The molecule has 1 atom stereocenters. The number of ether oxygens (including phenoxy) is 1. The van der Waals surface area contributed by atoms with Crippen molar-refractivity contribution in [1.29, 1.82) is 0 Å². The van der Waals surface area contributed by atoms with E-state index in [2.05, 4.69) is 5.32 Å². The Bertz CT molecular complexity index is 318. The molecule has 0 saturated heterocycles. The summed E-state index contributed by atoms with van der Waals surface area (Å²) in [6.07, 6.45) is 0.362. The number of carbonyl (C=O) groups is 3. The highest BCUT2D eigenvalue weighted by Crippen LogP contribution is 2.07. The van der Waals surface area contributed by atoms with Crippen molar-refractivity contribution in [3.63, 3.8) is 0 Å². The molecule has 0 bridgehead atoms. The lowest BCUT2D eigenvalue weighted by Crippen LogP contribution is -2.30. The van der Waals surface area contributed by atoms with Crippen LogP contribution in [0.25, 0.3) is 0 Å². The Morgan fingerprint density at radius 3 is 2.37 bits per heavy atom. The van der Waals surface area contributed by atoms with Crippen LogP contribution in [-0.4, -0.2) is 35.4 Å². The number of hydrogen-bond donors (Lipinski definition) is 1. The molecule has 0 saturated carbocycles. The molecule has 0 spiro atoms. The van der Waals surface area contributed by atoms with Gasteiger partial charge in [-0.1, -0.05) is 25.6 Å². The zero-order valence-corrected chi connectivity index (χ0v) is 12.8. The molecule has 110 valence electrons. The summed E-state index contributed by atoms with van der Waals surface area (Å²) < 4.78 is 4.87. The number of rotatable bonds is 8. The Morgan fingerprint density at radius 2 is 1.84 bits per heavy atom. The first-order chi connectivity index (χ1) is 8.86. The number of amides is 1. The van der Waals surface area contributed by atoms with E-state index in [9.17, 15) is 14.4 Å². The van der Waals surface area contributed by atoms with Gasteiger partial charge in [0, 0.05) is 18.2 Å². The lowest BCUT2D eigenvalue weighted by molar-refractivity contribution is -0.148. The van der Waals surface area contributed by atoms with Gasteiger partial charge >= 0.3 is 5.97 Å². The van der Waals surface area contributed by atoms with Gasteiger partial charge in [0.1, 0.15) is 6.42 Å². The number of hydrogen-bond acceptors (Lipinski definition) is 5. The summed E-state index contributed by atoms with van der Waals surface area (Å²) in [6, 6.07) is 0. The van der Waals surface area contributed by atoms with E-state index in [0.29, 0.717) is 12.3 Å². The molecule has 0 heterocycles. The van der Waals surface area contributed by atoms with Gasteiger partial charge in [0.15, 0.2) is 5.12 Å². The molecule has 1 amide bonds. The lowest BCUT2D eigenvalue weighted by Gasteiger charge is -2.09. The highest BCUT2D eigenvalue weighted by molar-refractivity contribution is 8.13. The van der Waals surface area contributed by atoms with Gasteiger partial charge in [0.05, 0.1) is 6.10 Å². The predicted molar refractivity (Wildman–Crippen MR) is 75.8 cm³/mol. The molecule has 1 unspecified atom stereocenters. The summed E-state index contributed by atoms with van der Waals surface area (Å²) in [7, 11) is 0. The summed E-state index contributed by atoms with van der Waals surface area (Å²) in [5.74, 6) is -0.0525. The van der Waals surface area contributed by atoms with Crippen molar-refractivity contribution in [3.05, 3.63) is 0 Å². The van der Waals surface area contributed by atoms with Crippen molar-refractivity contribution in [2.24, 2.45) is 5.92 Å². The average Bonchev–Trinajstić information content (AvgIpc) is 2.32. The first-order valence-corrected chi connectivity index (χ1v) is 7.48. The quantitative estimate of drug-likeness (QED) is 0.419. The SMILES string of the molecule is CCC(C)C(=O)NCCSC(=O)CC(=O)OC(C)C. The minimum Gasteiger partial charge on any atom is -0.463 e. The van der Waals surface area contributed by atoms with E-state index in [4.69, 9.17) is 4.74 Å². The van der Waals surface area contributed by atoms with E-state index in [-0.39, 0.29) is 29.5 Å². The van der Waals surface area contributed by atoms with Gasteiger partial charge in [-0.05, 0) is 20.3 Å². The third-order valence-corrected chi connectivity index (χ3v) is 3.25. The zero-order valence-electron chi connectivity index (χ0n) is 12.0. The maximum Gasteiger partial charge on any atom is 0.314 e. The third-order valence-electron chi connectivity index (χ3n) is 2.38. The van der Waals surface area contributed by atoms with Gasteiger partial charge in [0.2, 0.25) is 5.91 Å². The fourth-order valence-electron chi connectivity index (χ4n) is 1.17. The van der Waals surface area contributed by atoms with Crippen LogP contribution >= 0.6 is 11.8 Å². The molecule has 0 aromatic rings. The van der Waals surface area contributed by atoms with Gasteiger partial charge in [0.25, 0.3) is 0 Å². The van der Waals surface area contributed by atoms with Crippen molar-refractivity contribution in [1.82, 2.24) is 5.32 Å². The molecule has 6 heteroatoms. The normalized spacial score (nSPS) is 12.1. The molecule has 0 radical (unpaired) electrons. The fraction of sp³-hybridized carbons (Fsp3) is 0.769. The van der Waals surface area contributed by atoms with Crippen molar-refractivity contribution < 1.29 is 19.1 Å². The van der Waals surface area contributed by atoms with E-state index in [1.165, 1.54) is 0 Å². The lowest BCUT2D eigenvalue weighted by atomic mass is 10.1. The van der Waals surface area contributed by atoms with Crippen LogP contribution in [-0.2, 0) is 19.1 Å². The maximum absolute atomic E-state index is 11.4. The third kappa shape index (κ3) is 9.53. The first kappa shape index (κ1) is 18.0. The zero-order chi connectivity index (χ0) is 14.8. The van der Waals surface area contributed by atoms with Crippen molar-refractivity contribution in [2.75, 3.05) is 12.3 Å². The fourth-order valence-corrected chi connectivity index (χ4v) is 1.82. The minimum absolute atomic E-state index is 0.00485. The second-order valence-corrected chi connectivity index (χ2v) is 5.69. The van der Waals surface area contributed by atoms with Gasteiger partial charge in [-0.2, -0.15) is 0 Å². The summed E-state index contributed by atoms with van der Waals surface area (Å²) in [5, 5.41) is 2.51. The van der Waals surface area contributed by atoms with Gasteiger partial charge in [-0.15, -0.1) is 0 Å². The molecule has 0 aliphatic carbocycles. The maximum atomic E-state index is 11.4.